The van der Waals surface area contributed by atoms with E-state index in [1.807, 2.05) is 24.5 Å². The summed E-state index contributed by atoms with van der Waals surface area (Å²) in [6.45, 7) is 8.97. The van der Waals surface area contributed by atoms with Crippen LogP contribution in [-0.2, 0) is 0 Å². The van der Waals surface area contributed by atoms with Crippen LogP contribution < -0.4 is 10.6 Å². The maximum absolute atomic E-state index is 6.08. The summed E-state index contributed by atoms with van der Waals surface area (Å²) >= 11 is 0. The average molecular weight is 284 g/mol. The number of nitrogen functional groups attached to an aromatic ring is 1. The highest BCUT2D eigenvalue weighted by atomic mass is 15.3. The highest BCUT2D eigenvalue weighted by molar-refractivity contribution is 6.00. The third-order valence-corrected chi connectivity index (χ3v) is 4.70. The van der Waals surface area contributed by atoms with Gasteiger partial charge in [-0.2, -0.15) is 0 Å². The van der Waals surface area contributed by atoms with Gasteiger partial charge in [-0.05, 0) is 31.5 Å². The molecule has 3 rings (SSSR count). The molecule has 0 bridgehead atoms. The zero-order valence-electron chi connectivity index (χ0n) is 12.9. The SMILES string of the molecule is CCC(C)N1CCN(c2ccc(N)c3ccncc23)CC1. The molecule has 1 saturated heterocycles. The summed E-state index contributed by atoms with van der Waals surface area (Å²) in [4.78, 5) is 9.31. The largest absolute Gasteiger partial charge is 0.398 e. The van der Waals surface area contributed by atoms with Gasteiger partial charge in [0.15, 0.2) is 0 Å². The molecule has 1 atom stereocenters. The molecule has 1 aromatic heterocycles. The van der Waals surface area contributed by atoms with E-state index in [0.29, 0.717) is 6.04 Å². The standard InChI is InChI=1S/C17H24N4/c1-3-13(2)20-8-10-21(11-9-20)17-5-4-16(18)14-6-7-19-12-15(14)17/h4-7,12-13H,3,8-11,18H2,1-2H3. The third-order valence-electron chi connectivity index (χ3n) is 4.70. The summed E-state index contributed by atoms with van der Waals surface area (Å²) in [6.07, 6.45) is 4.96. The van der Waals surface area contributed by atoms with Gasteiger partial charge < -0.3 is 10.6 Å². The Hall–Kier alpha value is -1.81. The summed E-state index contributed by atoms with van der Waals surface area (Å²) in [5.41, 5.74) is 8.17. The van der Waals surface area contributed by atoms with Gasteiger partial charge in [0.25, 0.3) is 0 Å². The number of hydrogen-bond acceptors (Lipinski definition) is 4. The molecule has 4 heteroatoms. The number of nitrogens with zero attached hydrogens (tertiary/aromatic N) is 3. The summed E-state index contributed by atoms with van der Waals surface area (Å²) in [5, 5.41) is 2.27. The monoisotopic (exact) mass is 284 g/mol. The second kappa shape index (κ2) is 5.90. The first-order valence-corrected chi connectivity index (χ1v) is 7.82. The molecule has 4 nitrogen and oxygen atoms in total. The van der Waals surface area contributed by atoms with Crippen LogP contribution in [0.5, 0.6) is 0 Å². The van der Waals surface area contributed by atoms with E-state index in [1.54, 1.807) is 0 Å². The van der Waals surface area contributed by atoms with Gasteiger partial charge in [0.2, 0.25) is 0 Å². The molecule has 0 radical (unpaired) electrons. The number of aromatic nitrogens is 1. The lowest BCUT2D eigenvalue weighted by atomic mass is 10.1. The molecule has 21 heavy (non-hydrogen) atoms. The van der Waals surface area contributed by atoms with E-state index in [1.165, 1.54) is 12.1 Å². The van der Waals surface area contributed by atoms with E-state index in [-0.39, 0.29) is 0 Å². The molecule has 2 heterocycles. The van der Waals surface area contributed by atoms with Gasteiger partial charge in [-0.15, -0.1) is 0 Å². The van der Waals surface area contributed by atoms with E-state index in [9.17, 15) is 0 Å². The number of fused-ring (bicyclic) bond motifs is 1. The lowest BCUT2D eigenvalue weighted by Crippen LogP contribution is -2.49. The van der Waals surface area contributed by atoms with Crippen molar-refractivity contribution in [2.24, 2.45) is 0 Å². The van der Waals surface area contributed by atoms with Crippen LogP contribution in [0.3, 0.4) is 0 Å². The van der Waals surface area contributed by atoms with E-state index < -0.39 is 0 Å². The molecule has 2 N–H and O–H groups in total. The molecule has 1 unspecified atom stereocenters. The van der Waals surface area contributed by atoms with Crippen molar-refractivity contribution >= 4 is 22.1 Å². The third kappa shape index (κ3) is 2.68. The van der Waals surface area contributed by atoms with Gasteiger partial charge in [-0.1, -0.05) is 6.92 Å². The maximum atomic E-state index is 6.08. The zero-order valence-corrected chi connectivity index (χ0v) is 12.9. The number of piperazine rings is 1. The molecule has 1 aliphatic heterocycles. The summed E-state index contributed by atoms with van der Waals surface area (Å²) in [6, 6.07) is 6.83. The summed E-state index contributed by atoms with van der Waals surface area (Å²) in [7, 11) is 0. The van der Waals surface area contributed by atoms with E-state index >= 15 is 0 Å². The van der Waals surface area contributed by atoms with Crippen molar-refractivity contribution in [1.29, 1.82) is 0 Å². The fraction of sp³-hybridized carbons (Fsp3) is 0.471. The second-order valence-corrected chi connectivity index (χ2v) is 5.88. The minimum absolute atomic E-state index is 0.678. The van der Waals surface area contributed by atoms with Crippen LogP contribution in [0, 0.1) is 0 Å². The summed E-state index contributed by atoms with van der Waals surface area (Å²) in [5.74, 6) is 0. The number of nitrogens with two attached hydrogens (primary N) is 1. The smallest absolute Gasteiger partial charge is 0.0463 e. The number of pyridine rings is 1. The van der Waals surface area contributed by atoms with Crippen LogP contribution in [0.4, 0.5) is 11.4 Å². The Bertz CT molecular complexity index is 617. The fourth-order valence-corrected chi connectivity index (χ4v) is 3.14. The first-order valence-electron chi connectivity index (χ1n) is 7.82. The van der Waals surface area contributed by atoms with Gasteiger partial charge in [0.05, 0.1) is 0 Å². The van der Waals surface area contributed by atoms with Crippen molar-refractivity contribution in [3.8, 4) is 0 Å². The van der Waals surface area contributed by atoms with Crippen LogP contribution in [0.1, 0.15) is 20.3 Å². The van der Waals surface area contributed by atoms with Crippen LogP contribution in [0.25, 0.3) is 10.8 Å². The fourth-order valence-electron chi connectivity index (χ4n) is 3.14. The Morgan fingerprint density at radius 1 is 1.14 bits per heavy atom. The number of rotatable bonds is 3. The lowest BCUT2D eigenvalue weighted by Gasteiger charge is -2.39. The van der Waals surface area contributed by atoms with Crippen LogP contribution >= 0.6 is 0 Å². The van der Waals surface area contributed by atoms with Gasteiger partial charge in [-0.3, -0.25) is 9.88 Å². The summed E-state index contributed by atoms with van der Waals surface area (Å²) < 4.78 is 0. The Kier molecular flexibility index (Phi) is 3.97. The number of benzene rings is 1. The highest BCUT2D eigenvalue weighted by Gasteiger charge is 2.21. The molecule has 1 aliphatic rings. The first-order chi connectivity index (χ1) is 10.2. The average Bonchev–Trinajstić information content (AvgIpc) is 2.55. The van der Waals surface area contributed by atoms with E-state index in [0.717, 1.165) is 42.6 Å². The van der Waals surface area contributed by atoms with Crippen molar-refractivity contribution < 1.29 is 0 Å². The van der Waals surface area contributed by atoms with Crippen molar-refractivity contribution in [2.75, 3.05) is 36.8 Å². The minimum atomic E-state index is 0.678. The quantitative estimate of drug-likeness (QED) is 0.880. The molecule has 0 spiro atoms. The lowest BCUT2D eigenvalue weighted by molar-refractivity contribution is 0.193. The molecule has 0 amide bonds. The van der Waals surface area contributed by atoms with Crippen LogP contribution in [-0.4, -0.2) is 42.1 Å². The highest BCUT2D eigenvalue weighted by Crippen LogP contribution is 2.30. The van der Waals surface area contributed by atoms with Crippen LogP contribution in [0.15, 0.2) is 30.6 Å². The Balaban J connectivity index is 1.85. The number of hydrogen-bond donors (Lipinski definition) is 1. The molecule has 1 fully saturated rings. The predicted molar refractivity (Wildman–Crippen MR) is 89.7 cm³/mol. The molecule has 112 valence electrons. The Morgan fingerprint density at radius 2 is 1.90 bits per heavy atom. The van der Waals surface area contributed by atoms with E-state index in [2.05, 4.69) is 34.7 Å². The van der Waals surface area contributed by atoms with Crippen molar-refractivity contribution in [3.05, 3.63) is 30.6 Å². The molecule has 0 saturated carbocycles. The van der Waals surface area contributed by atoms with E-state index in [4.69, 9.17) is 5.73 Å². The minimum Gasteiger partial charge on any atom is -0.398 e. The van der Waals surface area contributed by atoms with Gasteiger partial charge in [0, 0.05) is 66.8 Å². The van der Waals surface area contributed by atoms with Crippen molar-refractivity contribution in [2.45, 2.75) is 26.3 Å². The van der Waals surface area contributed by atoms with Crippen LogP contribution in [0.2, 0.25) is 0 Å². The van der Waals surface area contributed by atoms with Gasteiger partial charge in [-0.25, -0.2) is 0 Å². The number of anilines is 2. The van der Waals surface area contributed by atoms with Gasteiger partial charge in [0.1, 0.15) is 0 Å². The molecular weight excluding hydrogens is 260 g/mol. The molecular formula is C17H24N4. The normalized spacial score (nSPS) is 18.1. The van der Waals surface area contributed by atoms with Crippen molar-refractivity contribution in [3.63, 3.8) is 0 Å². The zero-order chi connectivity index (χ0) is 14.8. The Morgan fingerprint density at radius 3 is 2.62 bits per heavy atom. The molecule has 2 aromatic rings. The second-order valence-electron chi connectivity index (χ2n) is 5.88. The van der Waals surface area contributed by atoms with Crippen molar-refractivity contribution in [1.82, 2.24) is 9.88 Å². The maximum Gasteiger partial charge on any atom is 0.0463 e. The topological polar surface area (TPSA) is 45.4 Å². The van der Waals surface area contributed by atoms with Gasteiger partial charge >= 0.3 is 0 Å². The molecule has 0 aliphatic carbocycles. The molecule has 1 aromatic carbocycles. The predicted octanol–water partition coefficient (Wildman–Crippen LogP) is 2.74. The Labute approximate surface area is 126 Å². The first kappa shape index (κ1) is 14.1.